The zero-order valence-electron chi connectivity index (χ0n) is 14.1. The number of benzene rings is 1. The molecule has 2 heterocycles. The molecular formula is C17H17F3N4O3. The first-order valence-electron chi connectivity index (χ1n) is 8.19. The summed E-state index contributed by atoms with van der Waals surface area (Å²) in [6.45, 7) is 0.666. The Morgan fingerprint density at radius 2 is 2.04 bits per heavy atom. The van der Waals surface area contributed by atoms with E-state index in [1.165, 1.54) is 17.0 Å². The van der Waals surface area contributed by atoms with Crippen LogP contribution in [0.15, 0.2) is 42.7 Å². The molecule has 1 atom stereocenters. The molecule has 0 bridgehead atoms. The third-order valence-corrected chi connectivity index (χ3v) is 4.11. The molecule has 0 radical (unpaired) electrons. The molecule has 144 valence electrons. The van der Waals surface area contributed by atoms with Crippen LogP contribution < -0.4 is 5.32 Å². The Labute approximate surface area is 152 Å². The van der Waals surface area contributed by atoms with Crippen LogP contribution in [0.2, 0.25) is 0 Å². The van der Waals surface area contributed by atoms with E-state index in [1.807, 2.05) is 0 Å². The Morgan fingerprint density at radius 3 is 2.67 bits per heavy atom. The summed E-state index contributed by atoms with van der Waals surface area (Å²) in [5, 5.41) is 6.72. The molecule has 10 heteroatoms. The predicted molar refractivity (Wildman–Crippen MR) is 87.4 cm³/mol. The molecule has 2 aromatic rings. The zero-order valence-corrected chi connectivity index (χ0v) is 14.1. The molecule has 0 unspecified atom stereocenters. The van der Waals surface area contributed by atoms with Gasteiger partial charge in [-0.25, -0.2) is 4.79 Å². The summed E-state index contributed by atoms with van der Waals surface area (Å²) < 4.78 is 44.5. The molecule has 7 nitrogen and oxygen atoms in total. The van der Waals surface area contributed by atoms with E-state index >= 15 is 0 Å². The number of alkyl halides is 3. The predicted octanol–water partition coefficient (Wildman–Crippen LogP) is 2.04. The fourth-order valence-electron chi connectivity index (χ4n) is 2.68. The molecule has 2 amide bonds. The second-order valence-corrected chi connectivity index (χ2v) is 5.98. The van der Waals surface area contributed by atoms with Crippen LogP contribution >= 0.6 is 0 Å². The van der Waals surface area contributed by atoms with Crippen LogP contribution in [0.3, 0.4) is 0 Å². The number of rotatable bonds is 6. The SMILES string of the molecule is O=C(NCCn1cccn1)[C@@H]1COC(=O)N1Cc1ccc(C(F)(F)F)cc1. The molecule has 1 aliphatic rings. The van der Waals surface area contributed by atoms with Crippen LogP contribution in [-0.2, 0) is 28.8 Å². The third-order valence-electron chi connectivity index (χ3n) is 4.11. The van der Waals surface area contributed by atoms with E-state index in [4.69, 9.17) is 4.74 Å². The minimum Gasteiger partial charge on any atom is -0.447 e. The van der Waals surface area contributed by atoms with Crippen LogP contribution in [0.25, 0.3) is 0 Å². The Morgan fingerprint density at radius 1 is 1.30 bits per heavy atom. The van der Waals surface area contributed by atoms with E-state index < -0.39 is 23.9 Å². The summed E-state index contributed by atoms with van der Waals surface area (Å²) in [7, 11) is 0. The number of ether oxygens (including phenoxy) is 1. The molecule has 1 saturated heterocycles. The number of nitrogens with zero attached hydrogens (tertiary/aromatic N) is 3. The van der Waals surface area contributed by atoms with E-state index in [0.717, 1.165) is 12.1 Å². The van der Waals surface area contributed by atoms with Gasteiger partial charge in [0.05, 0.1) is 18.7 Å². The zero-order chi connectivity index (χ0) is 19.4. The van der Waals surface area contributed by atoms with Crippen molar-refractivity contribution in [3.63, 3.8) is 0 Å². The summed E-state index contributed by atoms with van der Waals surface area (Å²) in [4.78, 5) is 25.5. The summed E-state index contributed by atoms with van der Waals surface area (Å²) in [6.07, 6.45) is -1.73. The standard InChI is InChI=1S/C17H17F3N4O3/c18-17(19,20)13-4-2-12(3-5-13)10-24-14(11-27-16(24)26)15(25)21-7-9-23-8-1-6-22-23/h1-6,8,14H,7,9-11H2,(H,21,25)/t14-/m0/s1. The second kappa shape index (κ2) is 7.68. The quantitative estimate of drug-likeness (QED) is 0.830. The highest BCUT2D eigenvalue weighted by Crippen LogP contribution is 2.29. The maximum Gasteiger partial charge on any atom is 0.416 e. The van der Waals surface area contributed by atoms with E-state index in [1.54, 1.807) is 23.1 Å². The summed E-state index contributed by atoms with van der Waals surface area (Å²) in [5.74, 6) is -0.389. The van der Waals surface area contributed by atoms with Crippen molar-refractivity contribution in [1.82, 2.24) is 20.0 Å². The molecule has 1 aliphatic heterocycles. The lowest BCUT2D eigenvalue weighted by Crippen LogP contribution is -2.46. The number of amides is 2. The number of aromatic nitrogens is 2. The average Bonchev–Trinajstić information content (AvgIpc) is 3.25. The highest BCUT2D eigenvalue weighted by molar-refractivity contribution is 5.87. The smallest absolute Gasteiger partial charge is 0.416 e. The maximum atomic E-state index is 12.6. The fourth-order valence-corrected chi connectivity index (χ4v) is 2.68. The molecule has 1 aromatic carbocycles. The molecular weight excluding hydrogens is 365 g/mol. The van der Waals surface area contributed by atoms with Gasteiger partial charge in [0.2, 0.25) is 5.91 Å². The lowest BCUT2D eigenvalue weighted by molar-refractivity contribution is -0.137. The first-order valence-corrected chi connectivity index (χ1v) is 8.19. The van der Waals surface area contributed by atoms with Gasteiger partial charge in [0, 0.05) is 18.9 Å². The Hall–Kier alpha value is -3.04. The molecule has 3 rings (SSSR count). The Balaban J connectivity index is 1.59. The van der Waals surface area contributed by atoms with Crippen LogP contribution in [-0.4, -0.2) is 45.9 Å². The van der Waals surface area contributed by atoms with Crippen molar-refractivity contribution in [3.8, 4) is 0 Å². The van der Waals surface area contributed by atoms with Crippen molar-refractivity contribution >= 4 is 12.0 Å². The summed E-state index contributed by atoms with van der Waals surface area (Å²) in [5.41, 5.74) is -0.306. The minimum atomic E-state index is -4.43. The molecule has 0 saturated carbocycles. The van der Waals surface area contributed by atoms with Gasteiger partial charge in [-0.15, -0.1) is 0 Å². The van der Waals surface area contributed by atoms with Crippen molar-refractivity contribution in [2.45, 2.75) is 25.3 Å². The van der Waals surface area contributed by atoms with Gasteiger partial charge in [-0.3, -0.25) is 14.4 Å². The van der Waals surface area contributed by atoms with Gasteiger partial charge in [-0.1, -0.05) is 12.1 Å². The van der Waals surface area contributed by atoms with Crippen molar-refractivity contribution < 1.29 is 27.5 Å². The van der Waals surface area contributed by atoms with E-state index in [-0.39, 0.29) is 19.1 Å². The van der Waals surface area contributed by atoms with Crippen LogP contribution in [0.4, 0.5) is 18.0 Å². The first-order chi connectivity index (χ1) is 12.8. The third kappa shape index (κ3) is 4.57. The van der Waals surface area contributed by atoms with E-state index in [0.29, 0.717) is 18.7 Å². The van der Waals surface area contributed by atoms with Gasteiger partial charge in [0.15, 0.2) is 0 Å². The first kappa shape index (κ1) is 18.7. The number of halogens is 3. The molecule has 1 fully saturated rings. The molecule has 27 heavy (non-hydrogen) atoms. The normalized spacial score (nSPS) is 17.1. The highest BCUT2D eigenvalue weighted by atomic mass is 19.4. The lowest BCUT2D eigenvalue weighted by Gasteiger charge is -2.21. The highest BCUT2D eigenvalue weighted by Gasteiger charge is 2.38. The van der Waals surface area contributed by atoms with Gasteiger partial charge in [-0.05, 0) is 23.8 Å². The molecule has 0 aliphatic carbocycles. The monoisotopic (exact) mass is 382 g/mol. The van der Waals surface area contributed by atoms with Gasteiger partial charge in [-0.2, -0.15) is 18.3 Å². The van der Waals surface area contributed by atoms with Crippen molar-refractivity contribution in [1.29, 1.82) is 0 Å². The minimum absolute atomic E-state index is 0.0196. The van der Waals surface area contributed by atoms with Gasteiger partial charge < -0.3 is 10.1 Å². The van der Waals surface area contributed by atoms with E-state index in [9.17, 15) is 22.8 Å². The number of carbonyl (C=O) groups is 2. The summed E-state index contributed by atoms with van der Waals surface area (Å²) in [6, 6.07) is 5.36. The van der Waals surface area contributed by atoms with Crippen molar-refractivity contribution in [3.05, 3.63) is 53.9 Å². The van der Waals surface area contributed by atoms with Gasteiger partial charge in [0.1, 0.15) is 12.6 Å². The largest absolute Gasteiger partial charge is 0.447 e. The number of hydrogen-bond acceptors (Lipinski definition) is 4. The van der Waals surface area contributed by atoms with Crippen LogP contribution in [0.5, 0.6) is 0 Å². The van der Waals surface area contributed by atoms with Gasteiger partial charge >= 0.3 is 12.3 Å². The number of carbonyl (C=O) groups excluding carboxylic acids is 2. The number of nitrogens with one attached hydrogen (secondary N) is 1. The second-order valence-electron chi connectivity index (χ2n) is 5.98. The van der Waals surface area contributed by atoms with Crippen molar-refractivity contribution in [2.75, 3.05) is 13.2 Å². The van der Waals surface area contributed by atoms with Crippen LogP contribution in [0.1, 0.15) is 11.1 Å². The van der Waals surface area contributed by atoms with Crippen molar-refractivity contribution in [2.24, 2.45) is 0 Å². The van der Waals surface area contributed by atoms with Gasteiger partial charge in [0.25, 0.3) is 0 Å². The molecule has 0 spiro atoms. The van der Waals surface area contributed by atoms with E-state index in [2.05, 4.69) is 10.4 Å². The fraction of sp³-hybridized carbons (Fsp3) is 0.353. The number of cyclic esters (lactones) is 1. The molecule has 1 N–H and O–H groups in total. The topological polar surface area (TPSA) is 76.5 Å². The van der Waals surface area contributed by atoms with Crippen LogP contribution in [0, 0.1) is 0 Å². The lowest BCUT2D eigenvalue weighted by atomic mass is 10.1. The average molecular weight is 382 g/mol. The Kier molecular flexibility index (Phi) is 5.33. The maximum absolute atomic E-state index is 12.6. The Bertz CT molecular complexity index is 791. The summed E-state index contributed by atoms with van der Waals surface area (Å²) >= 11 is 0. The number of hydrogen-bond donors (Lipinski definition) is 1. The molecule has 1 aromatic heterocycles.